The lowest BCUT2D eigenvalue weighted by Gasteiger charge is -2.36. The highest BCUT2D eigenvalue weighted by molar-refractivity contribution is 7.89. The maximum Gasteiger partial charge on any atom is 0.254 e. The molecule has 0 aromatic heterocycles. The Morgan fingerprint density at radius 2 is 2.09 bits per heavy atom. The molecule has 0 amide bonds. The summed E-state index contributed by atoms with van der Waals surface area (Å²) in [5.74, 6) is 1.14. The third-order valence-electron chi connectivity index (χ3n) is 4.55. The van der Waals surface area contributed by atoms with E-state index in [0.717, 1.165) is 6.07 Å². The number of aliphatic hydroxyl groups is 1. The van der Waals surface area contributed by atoms with Crippen LogP contribution in [0.3, 0.4) is 0 Å². The van der Waals surface area contributed by atoms with Gasteiger partial charge in [-0.3, -0.25) is 4.21 Å². The lowest BCUT2D eigenvalue weighted by molar-refractivity contribution is -0.0669. The largest absolute Gasteiger partial charge is 0.755 e. The van der Waals surface area contributed by atoms with Crippen molar-refractivity contribution in [1.29, 1.82) is 0 Å². The van der Waals surface area contributed by atoms with Gasteiger partial charge in [0.2, 0.25) is 0 Å². The van der Waals surface area contributed by atoms with Gasteiger partial charge in [-0.2, -0.15) is 5.12 Å². The van der Waals surface area contributed by atoms with Crippen molar-refractivity contribution >= 4 is 38.6 Å². The predicted octanol–water partition coefficient (Wildman–Crippen LogP) is 0.850. The van der Waals surface area contributed by atoms with Gasteiger partial charge in [0, 0.05) is 30.9 Å². The van der Waals surface area contributed by atoms with Crippen molar-refractivity contribution < 1.29 is 31.8 Å². The number of halogens is 1. The molecular formula is C18H22ClN4O7S2-. The van der Waals surface area contributed by atoms with Crippen molar-refractivity contribution in [2.75, 3.05) is 32.0 Å². The highest BCUT2D eigenvalue weighted by Crippen LogP contribution is 2.32. The molecule has 1 heterocycles. The zero-order chi connectivity index (χ0) is 23.5. The van der Waals surface area contributed by atoms with E-state index in [1.165, 1.54) is 23.3 Å². The van der Waals surface area contributed by atoms with Crippen LogP contribution in [-0.4, -0.2) is 65.8 Å². The fourth-order valence-electron chi connectivity index (χ4n) is 3.05. The lowest BCUT2D eigenvalue weighted by Crippen LogP contribution is -2.55. The van der Waals surface area contributed by atoms with E-state index in [1.54, 1.807) is 31.3 Å². The van der Waals surface area contributed by atoms with Gasteiger partial charge in [0.05, 0.1) is 29.3 Å². The Morgan fingerprint density at radius 1 is 1.38 bits per heavy atom. The summed E-state index contributed by atoms with van der Waals surface area (Å²) in [6.45, 7) is 0.140. The van der Waals surface area contributed by atoms with Crippen molar-refractivity contribution in [3.05, 3.63) is 47.0 Å². The number of sulfonamides is 1. The summed E-state index contributed by atoms with van der Waals surface area (Å²) >= 11 is 3.43. The molecule has 0 bridgehead atoms. The summed E-state index contributed by atoms with van der Waals surface area (Å²) in [5.41, 5.74) is 0.320. The maximum atomic E-state index is 12.7. The van der Waals surface area contributed by atoms with Crippen LogP contribution >= 0.6 is 11.6 Å². The molecule has 14 heteroatoms. The normalized spacial score (nSPS) is 17.4. The molecule has 0 aliphatic carbocycles. The van der Waals surface area contributed by atoms with Gasteiger partial charge < -0.3 is 23.9 Å². The second kappa shape index (κ2) is 10.3. The minimum atomic E-state index is -4.00. The molecule has 1 aliphatic heterocycles. The molecule has 2 aromatic carbocycles. The lowest BCUT2D eigenvalue weighted by atomic mass is 10.2. The number of benzene rings is 2. The SMILES string of the molecule is COc1cccc(OCC(O)CN(C)N2Cc3cc(Cl)c(NS(=O)[O-])cc3S(=O)(=O)N2)c1. The number of anilines is 1. The van der Waals surface area contributed by atoms with Gasteiger partial charge in [0.15, 0.2) is 0 Å². The zero-order valence-electron chi connectivity index (χ0n) is 17.1. The Hall–Kier alpha value is -1.97. The van der Waals surface area contributed by atoms with E-state index >= 15 is 0 Å². The van der Waals surface area contributed by atoms with Crippen LogP contribution in [0, 0.1) is 0 Å². The van der Waals surface area contributed by atoms with Crippen LogP contribution in [0.25, 0.3) is 0 Å². The maximum absolute atomic E-state index is 12.7. The molecular weight excluding hydrogens is 484 g/mol. The molecule has 0 fully saturated rings. The van der Waals surface area contributed by atoms with Gasteiger partial charge in [0.1, 0.15) is 24.2 Å². The number of ether oxygens (including phenoxy) is 2. The van der Waals surface area contributed by atoms with E-state index in [9.17, 15) is 22.3 Å². The average molecular weight is 506 g/mol. The summed E-state index contributed by atoms with van der Waals surface area (Å²) in [6.07, 6.45) is -0.931. The third kappa shape index (κ3) is 6.08. The van der Waals surface area contributed by atoms with Crippen LogP contribution in [0.15, 0.2) is 41.3 Å². The van der Waals surface area contributed by atoms with Gasteiger partial charge in [-0.15, -0.1) is 4.83 Å². The molecule has 1 aliphatic rings. The zero-order valence-corrected chi connectivity index (χ0v) is 19.5. The fraction of sp³-hybridized carbons (Fsp3) is 0.333. The Labute approximate surface area is 193 Å². The van der Waals surface area contributed by atoms with E-state index < -0.39 is 27.4 Å². The van der Waals surface area contributed by atoms with Crippen molar-refractivity contribution in [3.63, 3.8) is 0 Å². The number of rotatable bonds is 9. The monoisotopic (exact) mass is 505 g/mol. The second-order valence-corrected chi connectivity index (χ2v) is 9.62. The molecule has 0 saturated carbocycles. The number of likely N-dealkylation sites (N-methyl/N-ethyl adjacent to an activating group) is 1. The van der Waals surface area contributed by atoms with E-state index in [1.807, 2.05) is 0 Å². The molecule has 32 heavy (non-hydrogen) atoms. The van der Waals surface area contributed by atoms with Crippen LogP contribution in [0.5, 0.6) is 11.5 Å². The van der Waals surface area contributed by atoms with Gasteiger partial charge in [-0.05, 0) is 29.8 Å². The number of hydrazine groups is 2. The first-order chi connectivity index (χ1) is 15.1. The van der Waals surface area contributed by atoms with Gasteiger partial charge in [-0.1, -0.05) is 17.7 Å². The first kappa shape index (κ1) is 24.7. The molecule has 2 atom stereocenters. The van der Waals surface area contributed by atoms with Gasteiger partial charge >= 0.3 is 0 Å². The summed E-state index contributed by atoms with van der Waals surface area (Å²) in [7, 11) is -0.867. The Balaban J connectivity index is 1.66. The molecule has 0 saturated heterocycles. The number of methoxy groups -OCH3 is 1. The summed E-state index contributed by atoms with van der Waals surface area (Å²) in [5, 5.41) is 13.2. The van der Waals surface area contributed by atoms with E-state index in [-0.39, 0.29) is 35.3 Å². The van der Waals surface area contributed by atoms with E-state index in [0.29, 0.717) is 17.1 Å². The predicted molar refractivity (Wildman–Crippen MR) is 117 cm³/mol. The highest BCUT2D eigenvalue weighted by atomic mass is 35.5. The number of nitrogens with zero attached hydrogens (tertiary/aromatic N) is 2. The molecule has 176 valence electrons. The van der Waals surface area contributed by atoms with E-state index in [4.69, 9.17) is 21.1 Å². The van der Waals surface area contributed by atoms with Crippen LogP contribution < -0.4 is 19.0 Å². The van der Waals surface area contributed by atoms with Crippen molar-refractivity contribution in [1.82, 2.24) is 15.0 Å². The average Bonchev–Trinajstić information content (AvgIpc) is 2.72. The molecule has 0 radical (unpaired) electrons. The first-order valence-corrected chi connectivity index (χ1v) is 12.2. The summed E-state index contributed by atoms with van der Waals surface area (Å²) in [6, 6.07) is 9.47. The van der Waals surface area contributed by atoms with Crippen LogP contribution in [-0.2, 0) is 27.8 Å². The number of hydrogen-bond donors (Lipinski definition) is 3. The van der Waals surface area contributed by atoms with Crippen molar-refractivity contribution in [2.45, 2.75) is 17.5 Å². The molecule has 11 nitrogen and oxygen atoms in total. The quantitative estimate of drug-likeness (QED) is 0.422. The van der Waals surface area contributed by atoms with Crippen molar-refractivity contribution in [3.8, 4) is 11.5 Å². The Morgan fingerprint density at radius 3 is 2.78 bits per heavy atom. The fourth-order valence-corrected chi connectivity index (χ4v) is 5.01. The Bertz CT molecular complexity index is 1100. The minimum Gasteiger partial charge on any atom is -0.755 e. The smallest absolute Gasteiger partial charge is 0.254 e. The van der Waals surface area contributed by atoms with Crippen molar-refractivity contribution in [2.24, 2.45) is 0 Å². The topological polar surface area (TPSA) is 144 Å². The summed E-state index contributed by atoms with van der Waals surface area (Å²) < 4.78 is 59.9. The molecule has 2 aromatic rings. The van der Waals surface area contributed by atoms with Crippen LogP contribution in [0.1, 0.15) is 5.56 Å². The number of aliphatic hydroxyl groups excluding tert-OH is 1. The van der Waals surface area contributed by atoms with Gasteiger partial charge in [0.25, 0.3) is 10.0 Å². The Kier molecular flexibility index (Phi) is 7.95. The van der Waals surface area contributed by atoms with Crippen LogP contribution in [0.2, 0.25) is 5.02 Å². The number of fused-ring (bicyclic) bond motifs is 1. The summed E-state index contributed by atoms with van der Waals surface area (Å²) in [4.78, 5) is 2.29. The minimum absolute atomic E-state index is 0.0259. The third-order valence-corrected chi connectivity index (χ3v) is 6.66. The molecule has 0 spiro atoms. The van der Waals surface area contributed by atoms with E-state index in [2.05, 4.69) is 9.55 Å². The molecule has 3 N–H and O–H groups in total. The first-order valence-electron chi connectivity index (χ1n) is 9.23. The standard InChI is InChI=1S/C18H23ClN4O7S2/c1-22(10-13(24)11-30-15-5-3-4-14(7-15)29-2)23-9-12-6-16(19)17(20-31(25)26)8-18(12)32(27,28)21-23/h3-8,13,20-21,24H,9-11H2,1-2H3,(H,25,26)/p-1. The highest BCUT2D eigenvalue weighted by Gasteiger charge is 2.32. The molecule has 3 rings (SSSR count). The molecule has 2 unspecified atom stereocenters. The van der Waals surface area contributed by atoms with Crippen LogP contribution in [0.4, 0.5) is 5.69 Å². The second-order valence-electron chi connectivity index (χ2n) is 6.91. The van der Waals surface area contributed by atoms with Gasteiger partial charge in [-0.25, -0.2) is 13.4 Å². The number of nitrogens with one attached hydrogen (secondary N) is 2. The number of hydrogen-bond acceptors (Lipinski definition) is 9.